The lowest BCUT2D eigenvalue weighted by Gasteiger charge is -2.22. The lowest BCUT2D eigenvalue weighted by atomic mass is 9.96. The van der Waals surface area contributed by atoms with Gasteiger partial charge in [-0.1, -0.05) is 80.6 Å². The van der Waals surface area contributed by atoms with E-state index < -0.39 is 6.10 Å². The van der Waals surface area contributed by atoms with Crippen LogP contribution in [-0.4, -0.2) is 23.0 Å². The van der Waals surface area contributed by atoms with E-state index in [4.69, 9.17) is 4.99 Å². The highest BCUT2D eigenvalue weighted by Crippen LogP contribution is 2.19. The van der Waals surface area contributed by atoms with Crippen molar-refractivity contribution in [1.82, 2.24) is 0 Å². The van der Waals surface area contributed by atoms with Crippen molar-refractivity contribution in [1.29, 1.82) is 0 Å². The standard InChI is InChI=1S/C22H27NO/c1-4-11-21(24)20(16-17(2)3)23-22(18-12-7-5-8-13-18)19-14-9-6-10-15-19/h4-10,12-15,17,20-21,24H,1,11,16H2,2-3H3/t20-,21-/m0/s1. The molecule has 0 aromatic heterocycles. The fraction of sp³-hybridized carbons (Fsp3) is 0.318. The number of aliphatic imine (C=N–C) groups is 1. The number of nitrogens with zero attached hydrogens (tertiary/aromatic N) is 1. The molecule has 0 bridgehead atoms. The van der Waals surface area contributed by atoms with Crippen LogP contribution in [0.25, 0.3) is 0 Å². The van der Waals surface area contributed by atoms with E-state index in [1.807, 2.05) is 36.4 Å². The first-order valence-electron chi connectivity index (χ1n) is 8.59. The predicted octanol–water partition coefficient (Wildman–Crippen LogP) is 4.88. The Kier molecular flexibility index (Phi) is 6.95. The number of hydrogen-bond donors (Lipinski definition) is 1. The Hall–Kier alpha value is -2.19. The van der Waals surface area contributed by atoms with Gasteiger partial charge in [0, 0.05) is 11.1 Å². The summed E-state index contributed by atoms with van der Waals surface area (Å²) < 4.78 is 0. The maximum Gasteiger partial charge on any atom is 0.0798 e. The summed E-state index contributed by atoms with van der Waals surface area (Å²) in [6, 6.07) is 20.2. The Morgan fingerprint density at radius 1 is 1.00 bits per heavy atom. The van der Waals surface area contributed by atoms with Gasteiger partial charge in [-0.25, -0.2) is 0 Å². The molecule has 0 saturated heterocycles. The zero-order chi connectivity index (χ0) is 17.4. The second-order valence-electron chi connectivity index (χ2n) is 6.50. The number of aliphatic hydroxyl groups excluding tert-OH is 1. The molecule has 2 rings (SSSR count). The fourth-order valence-electron chi connectivity index (χ4n) is 2.78. The van der Waals surface area contributed by atoms with Gasteiger partial charge in [0.1, 0.15) is 0 Å². The molecule has 24 heavy (non-hydrogen) atoms. The molecular formula is C22H27NO. The molecule has 0 aliphatic heterocycles. The molecule has 2 atom stereocenters. The monoisotopic (exact) mass is 321 g/mol. The van der Waals surface area contributed by atoms with Gasteiger partial charge < -0.3 is 5.11 Å². The third-order valence-electron chi connectivity index (χ3n) is 3.95. The van der Waals surface area contributed by atoms with Crippen LogP contribution in [0, 0.1) is 5.92 Å². The highest BCUT2D eigenvalue weighted by atomic mass is 16.3. The lowest BCUT2D eigenvalue weighted by Crippen LogP contribution is -2.27. The fourth-order valence-corrected chi connectivity index (χ4v) is 2.78. The maximum absolute atomic E-state index is 10.5. The molecule has 0 aliphatic rings. The highest BCUT2D eigenvalue weighted by Gasteiger charge is 2.20. The van der Waals surface area contributed by atoms with Gasteiger partial charge >= 0.3 is 0 Å². The Morgan fingerprint density at radius 3 is 1.92 bits per heavy atom. The minimum atomic E-state index is -0.507. The van der Waals surface area contributed by atoms with E-state index in [1.54, 1.807) is 6.08 Å². The third-order valence-corrected chi connectivity index (χ3v) is 3.95. The van der Waals surface area contributed by atoms with Crippen molar-refractivity contribution in [3.8, 4) is 0 Å². The van der Waals surface area contributed by atoms with Gasteiger partial charge in [0.25, 0.3) is 0 Å². The topological polar surface area (TPSA) is 32.6 Å². The molecule has 0 unspecified atom stereocenters. The Bertz CT molecular complexity index is 605. The first-order chi connectivity index (χ1) is 11.6. The summed E-state index contributed by atoms with van der Waals surface area (Å²) >= 11 is 0. The summed E-state index contributed by atoms with van der Waals surface area (Å²) in [5.41, 5.74) is 3.08. The Labute approximate surface area is 145 Å². The van der Waals surface area contributed by atoms with E-state index in [0.29, 0.717) is 12.3 Å². The van der Waals surface area contributed by atoms with Crippen molar-refractivity contribution in [2.75, 3.05) is 0 Å². The van der Waals surface area contributed by atoms with Gasteiger partial charge in [-0.3, -0.25) is 4.99 Å². The average Bonchev–Trinajstić information content (AvgIpc) is 2.60. The first-order valence-corrected chi connectivity index (χ1v) is 8.59. The van der Waals surface area contributed by atoms with E-state index in [1.165, 1.54) is 0 Å². The molecule has 126 valence electrons. The molecule has 2 heteroatoms. The van der Waals surface area contributed by atoms with Crippen LogP contribution >= 0.6 is 0 Å². The van der Waals surface area contributed by atoms with Gasteiger partial charge in [0.2, 0.25) is 0 Å². The summed E-state index contributed by atoms with van der Waals surface area (Å²) in [6.07, 6.45) is 2.65. The van der Waals surface area contributed by atoms with Gasteiger partial charge in [-0.15, -0.1) is 6.58 Å². The summed E-state index contributed by atoms with van der Waals surface area (Å²) in [6.45, 7) is 8.07. The van der Waals surface area contributed by atoms with E-state index in [0.717, 1.165) is 23.3 Å². The van der Waals surface area contributed by atoms with Gasteiger partial charge in [0.05, 0.1) is 17.9 Å². The number of hydrogen-bond acceptors (Lipinski definition) is 2. The van der Waals surface area contributed by atoms with Crippen LogP contribution in [0.4, 0.5) is 0 Å². The summed E-state index contributed by atoms with van der Waals surface area (Å²) in [7, 11) is 0. The predicted molar refractivity (Wildman–Crippen MR) is 103 cm³/mol. The normalized spacial score (nSPS) is 13.3. The smallest absolute Gasteiger partial charge is 0.0798 e. The van der Waals surface area contributed by atoms with Crippen molar-refractivity contribution in [2.45, 2.75) is 38.8 Å². The van der Waals surface area contributed by atoms with Crippen LogP contribution in [0.3, 0.4) is 0 Å². The van der Waals surface area contributed by atoms with E-state index >= 15 is 0 Å². The molecule has 1 N–H and O–H groups in total. The zero-order valence-electron chi connectivity index (χ0n) is 14.6. The van der Waals surface area contributed by atoms with Crippen molar-refractivity contribution in [2.24, 2.45) is 10.9 Å². The van der Waals surface area contributed by atoms with Crippen LogP contribution in [-0.2, 0) is 0 Å². The number of rotatable bonds is 8. The van der Waals surface area contributed by atoms with Crippen molar-refractivity contribution >= 4 is 5.71 Å². The minimum absolute atomic E-state index is 0.140. The summed E-state index contributed by atoms with van der Waals surface area (Å²) in [4.78, 5) is 4.99. The second-order valence-corrected chi connectivity index (χ2v) is 6.50. The molecule has 0 radical (unpaired) electrons. The van der Waals surface area contributed by atoms with Gasteiger partial charge in [-0.2, -0.15) is 0 Å². The molecule has 0 amide bonds. The van der Waals surface area contributed by atoms with Crippen molar-refractivity contribution in [3.05, 3.63) is 84.4 Å². The summed E-state index contributed by atoms with van der Waals surface area (Å²) in [5, 5.41) is 10.5. The van der Waals surface area contributed by atoms with Crippen LogP contribution in [0.1, 0.15) is 37.8 Å². The molecule has 2 aromatic rings. The van der Waals surface area contributed by atoms with E-state index in [9.17, 15) is 5.11 Å². The first kappa shape index (κ1) is 18.2. The minimum Gasteiger partial charge on any atom is -0.391 e. The lowest BCUT2D eigenvalue weighted by molar-refractivity contribution is 0.138. The summed E-state index contributed by atoms with van der Waals surface area (Å²) in [5.74, 6) is 0.464. The van der Waals surface area contributed by atoms with Crippen molar-refractivity contribution in [3.63, 3.8) is 0 Å². The molecule has 0 aliphatic carbocycles. The van der Waals surface area contributed by atoms with Crippen LogP contribution in [0.2, 0.25) is 0 Å². The van der Waals surface area contributed by atoms with Crippen molar-refractivity contribution < 1.29 is 5.11 Å². The molecule has 0 heterocycles. The zero-order valence-corrected chi connectivity index (χ0v) is 14.6. The molecule has 2 aromatic carbocycles. The molecule has 2 nitrogen and oxygen atoms in total. The van der Waals surface area contributed by atoms with Gasteiger partial charge in [0.15, 0.2) is 0 Å². The maximum atomic E-state index is 10.5. The Balaban J connectivity index is 2.46. The van der Waals surface area contributed by atoms with Crippen LogP contribution in [0.15, 0.2) is 78.3 Å². The Morgan fingerprint density at radius 2 is 1.50 bits per heavy atom. The number of benzene rings is 2. The number of aliphatic hydroxyl groups is 1. The largest absolute Gasteiger partial charge is 0.391 e. The van der Waals surface area contributed by atoms with E-state index in [2.05, 4.69) is 44.7 Å². The van der Waals surface area contributed by atoms with Crippen LogP contribution in [0.5, 0.6) is 0 Å². The quantitative estimate of drug-likeness (QED) is 0.546. The van der Waals surface area contributed by atoms with Gasteiger partial charge in [-0.05, 0) is 18.8 Å². The van der Waals surface area contributed by atoms with Crippen LogP contribution < -0.4 is 0 Å². The second kappa shape index (κ2) is 9.19. The molecular weight excluding hydrogens is 294 g/mol. The SMILES string of the molecule is C=CC[C@H](O)[C@H](CC(C)C)N=C(c1ccccc1)c1ccccc1. The molecule has 0 spiro atoms. The highest BCUT2D eigenvalue weighted by molar-refractivity contribution is 6.12. The van der Waals surface area contributed by atoms with E-state index in [-0.39, 0.29) is 6.04 Å². The third kappa shape index (κ3) is 5.17. The molecule has 0 fully saturated rings. The molecule has 0 saturated carbocycles. The average molecular weight is 321 g/mol.